The molecule has 0 amide bonds. The van der Waals surface area contributed by atoms with Crippen LogP contribution >= 0.6 is 11.8 Å². The van der Waals surface area contributed by atoms with Gasteiger partial charge in [-0.1, -0.05) is 17.8 Å². The highest BCUT2D eigenvalue weighted by molar-refractivity contribution is 8.00. The van der Waals surface area contributed by atoms with Crippen LogP contribution in [0.1, 0.15) is 39.7 Å². The number of carbonyl (C=O) groups is 2. The van der Waals surface area contributed by atoms with Gasteiger partial charge in [0.05, 0.1) is 24.5 Å². The predicted molar refractivity (Wildman–Crippen MR) is 101 cm³/mol. The number of ketones is 1. The summed E-state index contributed by atoms with van der Waals surface area (Å²) in [6.07, 6.45) is -0.0907. The van der Waals surface area contributed by atoms with Crippen LogP contribution < -0.4 is 5.56 Å². The van der Waals surface area contributed by atoms with Crippen LogP contribution in [0, 0.1) is 20.8 Å². The van der Waals surface area contributed by atoms with E-state index in [2.05, 4.69) is 14.7 Å². The monoisotopic (exact) mass is 374 g/mol. The fraction of sp³-hybridized carbons (Fsp3) is 0.368. The number of thioether (sulfide) groups is 1. The smallest absolute Gasteiger partial charge is 0.311 e. The first-order valence-corrected chi connectivity index (χ1v) is 9.05. The third-order valence-electron chi connectivity index (χ3n) is 4.09. The van der Waals surface area contributed by atoms with Crippen molar-refractivity contribution in [1.29, 1.82) is 0 Å². The van der Waals surface area contributed by atoms with Crippen LogP contribution in [0.4, 0.5) is 0 Å². The lowest BCUT2D eigenvalue weighted by molar-refractivity contribution is -0.139. The molecule has 0 aliphatic rings. The Morgan fingerprint density at radius 3 is 2.46 bits per heavy atom. The number of carbonyl (C=O) groups excluding carboxylic acids is 2. The van der Waals surface area contributed by atoms with Crippen LogP contribution in [-0.2, 0) is 16.0 Å². The maximum absolute atomic E-state index is 12.8. The molecule has 7 heteroatoms. The molecule has 1 heterocycles. The van der Waals surface area contributed by atoms with E-state index in [1.54, 1.807) is 6.92 Å². The van der Waals surface area contributed by atoms with Gasteiger partial charge < -0.3 is 9.72 Å². The van der Waals surface area contributed by atoms with E-state index in [1.165, 1.54) is 13.2 Å². The van der Waals surface area contributed by atoms with Crippen molar-refractivity contribution in [2.24, 2.45) is 0 Å². The van der Waals surface area contributed by atoms with Crippen molar-refractivity contribution in [1.82, 2.24) is 9.97 Å². The molecule has 26 heavy (non-hydrogen) atoms. The lowest BCUT2D eigenvalue weighted by Gasteiger charge is -2.14. The van der Waals surface area contributed by atoms with E-state index in [9.17, 15) is 14.4 Å². The maximum Gasteiger partial charge on any atom is 0.311 e. The molecule has 0 aliphatic carbocycles. The Bertz CT molecular complexity index is 905. The first-order valence-electron chi connectivity index (χ1n) is 8.17. The molecule has 2 aromatic rings. The minimum atomic E-state index is -0.478. The number of aromatic amines is 1. The molecule has 1 aromatic carbocycles. The number of esters is 1. The first kappa shape index (κ1) is 19.9. The van der Waals surface area contributed by atoms with Crippen LogP contribution in [0.3, 0.4) is 0 Å². The molecule has 1 N–H and O–H groups in total. The Balaban J connectivity index is 2.23. The molecular weight excluding hydrogens is 352 g/mol. The summed E-state index contributed by atoms with van der Waals surface area (Å²) >= 11 is 1.16. The molecule has 138 valence electrons. The zero-order chi connectivity index (χ0) is 19.4. The second kappa shape index (κ2) is 8.31. The van der Waals surface area contributed by atoms with Crippen LogP contribution in [0.2, 0.25) is 0 Å². The van der Waals surface area contributed by atoms with Crippen molar-refractivity contribution in [3.05, 3.63) is 56.5 Å². The maximum atomic E-state index is 12.8. The van der Waals surface area contributed by atoms with Gasteiger partial charge in [0.2, 0.25) is 0 Å². The molecule has 0 radical (unpaired) electrons. The van der Waals surface area contributed by atoms with Gasteiger partial charge >= 0.3 is 5.97 Å². The van der Waals surface area contributed by atoms with Crippen molar-refractivity contribution in [3.63, 3.8) is 0 Å². The highest BCUT2D eigenvalue weighted by Gasteiger charge is 2.20. The van der Waals surface area contributed by atoms with Gasteiger partial charge in [-0.3, -0.25) is 14.4 Å². The first-order chi connectivity index (χ1) is 12.2. The number of H-pyrrole nitrogens is 1. The van der Waals surface area contributed by atoms with Gasteiger partial charge in [-0.2, -0.15) is 0 Å². The Hall–Kier alpha value is -2.41. The average molecular weight is 374 g/mol. The number of hydrogen-bond donors (Lipinski definition) is 1. The van der Waals surface area contributed by atoms with E-state index in [0.717, 1.165) is 28.5 Å². The molecule has 0 bridgehead atoms. The number of hydrogen-bond acceptors (Lipinski definition) is 6. The standard InChI is InChI=1S/C19H22N2O4S/c1-10-6-12(3)15(7-11(10)2)18(24)13(4)26-19-20-14(8-16(22)21-19)9-17(23)25-5/h6-8,13H,9H2,1-5H3,(H,20,21,22)/t13-/m1/s1. The summed E-state index contributed by atoms with van der Waals surface area (Å²) in [4.78, 5) is 42.8. The van der Waals surface area contributed by atoms with Crippen molar-refractivity contribution in [2.45, 2.75) is 44.5 Å². The summed E-state index contributed by atoms with van der Waals surface area (Å²) in [5.74, 6) is -0.509. The van der Waals surface area contributed by atoms with Gasteiger partial charge in [0.1, 0.15) is 0 Å². The van der Waals surface area contributed by atoms with Crippen molar-refractivity contribution >= 4 is 23.5 Å². The van der Waals surface area contributed by atoms with E-state index in [0.29, 0.717) is 16.4 Å². The molecular formula is C19H22N2O4S. The molecule has 0 saturated heterocycles. The minimum absolute atomic E-state index is 0.0309. The van der Waals surface area contributed by atoms with Crippen molar-refractivity contribution in [2.75, 3.05) is 7.11 Å². The van der Waals surface area contributed by atoms with Gasteiger partial charge in [-0.15, -0.1) is 0 Å². The van der Waals surface area contributed by atoms with Crippen molar-refractivity contribution < 1.29 is 14.3 Å². The summed E-state index contributed by atoms with van der Waals surface area (Å²) in [6.45, 7) is 7.66. The van der Waals surface area contributed by atoms with Crippen molar-refractivity contribution in [3.8, 4) is 0 Å². The molecule has 0 aliphatic heterocycles. The molecule has 1 atom stereocenters. The van der Waals surface area contributed by atoms with E-state index in [1.807, 2.05) is 32.9 Å². The number of rotatable bonds is 6. The molecule has 0 fully saturated rings. The Labute approximate surface area is 156 Å². The number of ether oxygens (including phenoxy) is 1. The van der Waals surface area contributed by atoms with Crippen LogP contribution in [0.15, 0.2) is 28.2 Å². The number of Topliss-reactive ketones (excluding diaryl/α,β-unsaturated/α-hetero) is 1. The topological polar surface area (TPSA) is 89.1 Å². The van der Waals surface area contributed by atoms with Gasteiger partial charge in [0.15, 0.2) is 10.9 Å². The lowest BCUT2D eigenvalue weighted by Crippen LogP contribution is -2.18. The zero-order valence-corrected chi connectivity index (χ0v) is 16.3. The quantitative estimate of drug-likeness (QED) is 0.362. The average Bonchev–Trinajstić information content (AvgIpc) is 2.56. The number of nitrogens with one attached hydrogen (secondary N) is 1. The number of methoxy groups -OCH3 is 1. The Morgan fingerprint density at radius 1 is 1.15 bits per heavy atom. The second-order valence-electron chi connectivity index (χ2n) is 6.17. The summed E-state index contributed by atoms with van der Waals surface area (Å²) in [6, 6.07) is 5.14. The zero-order valence-electron chi connectivity index (χ0n) is 15.5. The van der Waals surface area contributed by atoms with Crippen LogP contribution in [0.25, 0.3) is 0 Å². The normalized spacial score (nSPS) is 11.9. The molecule has 6 nitrogen and oxygen atoms in total. The van der Waals surface area contributed by atoms with Crippen LogP contribution in [0.5, 0.6) is 0 Å². The lowest BCUT2D eigenvalue weighted by atomic mass is 9.97. The third-order valence-corrected chi connectivity index (χ3v) is 5.07. The fourth-order valence-corrected chi connectivity index (χ4v) is 3.41. The summed E-state index contributed by atoms with van der Waals surface area (Å²) < 4.78 is 4.59. The Morgan fingerprint density at radius 2 is 1.81 bits per heavy atom. The molecule has 0 unspecified atom stereocenters. The number of nitrogens with zero attached hydrogens (tertiary/aromatic N) is 1. The molecule has 2 rings (SSSR count). The minimum Gasteiger partial charge on any atom is -0.469 e. The summed E-state index contributed by atoms with van der Waals surface area (Å²) in [5.41, 5.74) is 3.73. The number of aromatic nitrogens is 2. The SMILES string of the molecule is COC(=O)Cc1cc(=O)[nH]c(S[C@H](C)C(=O)c2cc(C)c(C)cc2C)n1. The molecule has 0 spiro atoms. The van der Waals surface area contributed by atoms with Gasteiger partial charge in [-0.25, -0.2) is 4.98 Å². The number of aryl methyl sites for hydroxylation is 3. The predicted octanol–water partition coefficient (Wildman–Crippen LogP) is 2.77. The summed E-state index contributed by atoms with van der Waals surface area (Å²) in [7, 11) is 1.28. The highest BCUT2D eigenvalue weighted by Crippen LogP contribution is 2.25. The second-order valence-corrected chi connectivity index (χ2v) is 7.50. The third kappa shape index (κ3) is 4.82. The van der Waals surface area contributed by atoms with Gasteiger partial charge in [0.25, 0.3) is 5.56 Å². The van der Waals surface area contributed by atoms with E-state index in [4.69, 9.17) is 0 Å². The van der Waals surface area contributed by atoms with E-state index in [-0.39, 0.29) is 17.8 Å². The molecule has 1 aromatic heterocycles. The van der Waals surface area contributed by atoms with E-state index < -0.39 is 11.2 Å². The highest BCUT2D eigenvalue weighted by atomic mass is 32.2. The van der Waals surface area contributed by atoms with E-state index >= 15 is 0 Å². The van der Waals surface area contributed by atoms with Crippen LogP contribution in [-0.4, -0.2) is 34.1 Å². The van der Waals surface area contributed by atoms with Gasteiger partial charge in [-0.05, 0) is 50.5 Å². The largest absolute Gasteiger partial charge is 0.469 e. The fourth-order valence-electron chi connectivity index (χ4n) is 2.52. The Kier molecular flexibility index (Phi) is 6.37. The molecule has 0 saturated carbocycles. The number of benzene rings is 1. The van der Waals surface area contributed by atoms with Gasteiger partial charge in [0, 0.05) is 11.6 Å². The summed E-state index contributed by atoms with van der Waals surface area (Å²) in [5, 5.41) is -0.133.